The van der Waals surface area contributed by atoms with Gasteiger partial charge in [0.05, 0.1) is 37.2 Å². The van der Waals surface area contributed by atoms with Gasteiger partial charge in [0, 0.05) is 11.4 Å². The molecule has 9 heteroatoms. The van der Waals surface area contributed by atoms with E-state index in [9.17, 15) is 19.5 Å². The molecule has 0 aliphatic carbocycles. The van der Waals surface area contributed by atoms with Crippen LogP contribution in [-0.4, -0.2) is 64.7 Å². The molecule has 2 unspecified atom stereocenters. The maximum atomic E-state index is 14.5. The van der Waals surface area contributed by atoms with Crippen LogP contribution in [0, 0.1) is 25.7 Å². The number of nitrogens with one attached hydrogen (secondary N) is 2. The van der Waals surface area contributed by atoms with Gasteiger partial charge in [-0.15, -0.1) is 0 Å². The van der Waals surface area contributed by atoms with Crippen molar-refractivity contribution in [3.63, 3.8) is 0 Å². The first-order chi connectivity index (χ1) is 21.3. The van der Waals surface area contributed by atoms with Gasteiger partial charge in [-0.05, 0) is 87.1 Å². The molecule has 3 amide bonds. The predicted molar refractivity (Wildman–Crippen MR) is 166 cm³/mol. The van der Waals surface area contributed by atoms with E-state index in [4.69, 9.17) is 9.47 Å². The maximum absolute atomic E-state index is 14.5. The van der Waals surface area contributed by atoms with Crippen molar-refractivity contribution in [1.82, 2.24) is 4.90 Å². The normalized spacial score (nSPS) is 25.9. The molecular weight excluding hydrogens is 558 g/mol. The fraction of sp³-hybridized carbons (Fsp3) is 0.400. The number of likely N-dealkylation sites (tertiary alicyclic amines) is 1. The van der Waals surface area contributed by atoms with E-state index >= 15 is 0 Å². The Balaban J connectivity index is 1.34. The Hall–Kier alpha value is -4.21. The Morgan fingerprint density at radius 2 is 1.80 bits per heavy atom. The van der Waals surface area contributed by atoms with Crippen LogP contribution in [0.4, 0.5) is 11.4 Å². The number of carbonyl (C=O) groups is 3. The van der Waals surface area contributed by atoms with Crippen LogP contribution in [0.2, 0.25) is 0 Å². The van der Waals surface area contributed by atoms with E-state index in [1.165, 1.54) is 4.90 Å². The molecule has 230 valence electrons. The first-order valence-corrected chi connectivity index (χ1v) is 15.3. The Bertz CT molecular complexity index is 1540. The average molecular weight is 598 g/mol. The summed E-state index contributed by atoms with van der Waals surface area (Å²) < 4.78 is 12.1. The summed E-state index contributed by atoms with van der Waals surface area (Å²) in [5.41, 5.74) is 2.86. The number of benzene rings is 3. The molecule has 9 nitrogen and oxygen atoms in total. The molecule has 3 aliphatic heterocycles. The molecule has 3 fully saturated rings. The molecule has 6 atom stereocenters. The standard InChI is InChI=1S/C35H39N3O6/c1-4-43-26-14-12-24(13-15-26)36-32(40)29-28-16-17-35(44-28)30(29)34(42)38(25(20-39)19-23-8-6-5-7-9-23)31(35)33(41)37-27-18-21(2)10-11-22(27)3/h5-15,18,25,28-31,39H,4,16-17,19-20H2,1-3H3,(H,36,40)(H,37,41)/t25-,28-,29+,30+,31?,35?/m1/s1. The van der Waals surface area contributed by atoms with E-state index in [-0.39, 0.29) is 24.3 Å². The highest BCUT2D eigenvalue weighted by atomic mass is 16.5. The molecule has 0 saturated carbocycles. The molecule has 0 radical (unpaired) electrons. The highest BCUT2D eigenvalue weighted by molar-refractivity contribution is 6.05. The molecule has 3 aromatic carbocycles. The fourth-order valence-corrected chi connectivity index (χ4v) is 7.32. The lowest BCUT2D eigenvalue weighted by molar-refractivity contribution is -0.143. The minimum atomic E-state index is -1.19. The van der Waals surface area contributed by atoms with Gasteiger partial charge in [0.25, 0.3) is 0 Å². The Morgan fingerprint density at radius 3 is 2.50 bits per heavy atom. The molecule has 3 aliphatic rings. The molecule has 3 N–H and O–H groups in total. The number of hydrogen-bond acceptors (Lipinski definition) is 6. The number of amides is 3. The lowest BCUT2D eigenvalue weighted by Crippen LogP contribution is -2.56. The zero-order valence-electron chi connectivity index (χ0n) is 25.3. The lowest BCUT2D eigenvalue weighted by atomic mass is 9.70. The third-order valence-corrected chi connectivity index (χ3v) is 9.29. The summed E-state index contributed by atoms with van der Waals surface area (Å²) in [6, 6.07) is 20.8. The van der Waals surface area contributed by atoms with Crippen LogP contribution in [0.15, 0.2) is 72.8 Å². The van der Waals surface area contributed by atoms with Crippen molar-refractivity contribution in [3.05, 3.63) is 89.5 Å². The van der Waals surface area contributed by atoms with Gasteiger partial charge in [-0.1, -0.05) is 42.5 Å². The van der Waals surface area contributed by atoms with Crippen molar-refractivity contribution < 1.29 is 29.0 Å². The Labute approximate surface area is 257 Å². The van der Waals surface area contributed by atoms with E-state index in [2.05, 4.69) is 10.6 Å². The summed E-state index contributed by atoms with van der Waals surface area (Å²) in [5, 5.41) is 16.7. The van der Waals surface area contributed by atoms with E-state index < -0.39 is 35.6 Å². The number of rotatable bonds is 10. The van der Waals surface area contributed by atoms with Gasteiger partial charge < -0.3 is 30.1 Å². The van der Waals surface area contributed by atoms with Crippen LogP contribution in [0.3, 0.4) is 0 Å². The number of aliphatic hydroxyl groups excluding tert-OH is 1. The van der Waals surface area contributed by atoms with Gasteiger partial charge in [-0.25, -0.2) is 0 Å². The molecule has 0 aromatic heterocycles. The highest BCUT2D eigenvalue weighted by Crippen LogP contribution is 2.59. The molecular formula is C35H39N3O6. The number of carbonyl (C=O) groups excluding carboxylic acids is 3. The minimum absolute atomic E-state index is 0.321. The summed E-state index contributed by atoms with van der Waals surface area (Å²) in [5.74, 6) is -1.98. The van der Waals surface area contributed by atoms with Gasteiger partial charge in [-0.3, -0.25) is 14.4 Å². The van der Waals surface area contributed by atoms with Crippen molar-refractivity contribution in [1.29, 1.82) is 0 Å². The number of ether oxygens (including phenoxy) is 2. The summed E-state index contributed by atoms with van der Waals surface area (Å²) in [7, 11) is 0. The largest absolute Gasteiger partial charge is 0.494 e. The van der Waals surface area contributed by atoms with Crippen molar-refractivity contribution >= 4 is 29.1 Å². The van der Waals surface area contributed by atoms with Gasteiger partial charge in [0.1, 0.15) is 17.4 Å². The van der Waals surface area contributed by atoms with Crippen LogP contribution in [0.25, 0.3) is 0 Å². The van der Waals surface area contributed by atoms with Crippen molar-refractivity contribution in [2.75, 3.05) is 23.8 Å². The Kier molecular flexibility index (Phi) is 8.18. The molecule has 2 bridgehead atoms. The molecule has 3 aromatic rings. The zero-order chi connectivity index (χ0) is 31.0. The first kappa shape index (κ1) is 29.8. The lowest BCUT2D eigenvalue weighted by Gasteiger charge is -2.37. The molecule has 1 spiro atoms. The summed E-state index contributed by atoms with van der Waals surface area (Å²) in [6.07, 6.45) is 0.873. The number of aryl methyl sites for hydroxylation is 2. The van der Waals surface area contributed by atoms with E-state index in [0.29, 0.717) is 43.0 Å². The van der Waals surface area contributed by atoms with E-state index in [1.807, 2.05) is 69.3 Å². The first-order valence-electron chi connectivity index (χ1n) is 15.3. The number of anilines is 2. The van der Waals surface area contributed by atoms with Crippen LogP contribution >= 0.6 is 0 Å². The maximum Gasteiger partial charge on any atom is 0.250 e. The summed E-state index contributed by atoms with van der Waals surface area (Å²) in [4.78, 5) is 44.2. The smallest absolute Gasteiger partial charge is 0.250 e. The minimum Gasteiger partial charge on any atom is -0.494 e. The van der Waals surface area contributed by atoms with Crippen LogP contribution in [0.1, 0.15) is 36.5 Å². The average Bonchev–Trinajstić information content (AvgIpc) is 3.67. The monoisotopic (exact) mass is 597 g/mol. The predicted octanol–water partition coefficient (Wildman–Crippen LogP) is 4.26. The van der Waals surface area contributed by atoms with E-state index in [1.54, 1.807) is 24.3 Å². The second-order valence-electron chi connectivity index (χ2n) is 12.1. The van der Waals surface area contributed by atoms with Crippen LogP contribution in [-0.2, 0) is 25.5 Å². The fourth-order valence-electron chi connectivity index (χ4n) is 7.32. The number of fused-ring (bicyclic) bond motifs is 1. The molecule has 3 heterocycles. The van der Waals surface area contributed by atoms with Crippen molar-refractivity contribution in [3.8, 4) is 5.75 Å². The van der Waals surface area contributed by atoms with Gasteiger partial charge in [0.15, 0.2) is 0 Å². The SMILES string of the molecule is CCOc1ccc(NC(=O)[C@@H]2[C@H]3C(=O)N([C@@H](CO)Cc4ccccc4)C(C(=O)Nc4cc(C)ccc4C)C34CC[C@H]2O4)cc1. The topological polar surface area (TPSA) is 117 Å². The highest BCUT2D eigenvalue weighted by Gasteiger charge is 2.75. The number of aliphatic hydroxyl groups is 1. The zero-order valence-corrected chi connectivity index (χ0v) is 25.3. The Morgan fingerprint density at radius 1 is 1.05 bits per heavy atom. The van der Waals surface area contributed by atoms with Gasteiger partial charge in [0.2, 0.25) is 17.7 Å². The quantitative estimate of drug-likeness (QED) is 0.322. The number of nitrogens with zero attached hydrogens (tertiary/aromatic N) is 1. The van der Waals surface area contributed by atoms with Gasteiger partial charge >= 0.3 is 0 Å². The second kappa shape index (κ2) is 12.1. The van der Waals surface area contributed by atoms with Crippen LogP contribution < -0.4 is 15.4 Å². The third kappa shape index (κ3) is 5.24. The summed E-state index contributed by atoms with van der Waals surface area (Å²) in [6.45, 7) is 5.96. The molecule has 44 heavy (non-hydrogen) atoms. The van der Waals surface area contributed by atoms with Crippen molar-refractivity contribution in [2.45, 2.75) is 63.8 Å². The second-order valence-corrected chi connectivity index (χ2v) is 12.1. The van der Waals surface area contributed by atoms with E-state index in [0.717, 1.165) is 16.7 Å². The summed E-state index contributed by atoms with van der Waals surface area (Å²) >= 11 is 0. The van der Waals surface area contributed by atoms with Crippen LogP contribution in [0.5, 0.6) is 5.75 Å². The third-order valence-electron chi connectivity index (χ3n) is 9.29. The number of hydrogen-bond donors (Lipinski definition) is 3. The molecule has 6 rings (SSSR count). The van der Waals surface area contributed by atoms with Crippen molar-refractivity contribution in [2.24, 2.45) is 11.8 Å². The molecule has 3 saturated heterocycles. The van der Waals surface area contributed by atoms with Gasteiger partial charge in [-0.2, -0.15) is 0 Å².